The standard InChI is InChI=1S/C19H12F6N4O/c20-18(21,22)13-2-1-7-27-16(13)10-3-5-12(14(26)8-10)17(30)29-11-4-6-15(28-9-11)19(23,24)25/h1-9H,26H2,(H,29,30). The van der Waals surface area contributed by atoms with Crippen molar-refractivity contribution in [2.75, 3.05) is 11.1 Å². The van der Waals surface area contributed by atoms with Gasteiger partial charge in [0.15, 0.2) is 0 Å². The highest BCUT2D eigenvalue weighted by atomic mass is 19.4. The smallest absolute Gasteiger partial charge is 0.398 e. The number of nitrogen functional groups attached to an aromatic ring is 1. The number of carbonyl (C=O) groups excluding carboxylic acids is 1. The lowest BCUT2D eigenvalue weighted by Crippen LogP contribution is -2.15. The summed E-state index contributed by atoms with van der Waals surface area (Å²) in [6.45, 7) is 0. The molecular formula is C19H12F6N4O. The van der Waals surface area contributed by atoms with Gasteiger partial charge in [-0.1, -0.05) is 6.07 Å². The van der Waals surface area contributed by atoms with E-state index in [1.165, 1.54) is 18.3 Å². The minimum atomic E-state index is -4.63. The summed E-state index contributed by atoms with van der Waals surface area (Å²) in [7, 11) is 0. The lowest BCUT2D eigenvalue weighted by molar-refractivity contribution is -0.141. The summed E-state index contributed by atoms with van der Waals surface area (Å²) in [6, 6.07) is 7.34. The molecule has 2 aromatic heterocycles. The molecule has 3 rings (SSSR count). The first-order valence-electron chi connectivity index (χ1n) is 8.23. The van der Waals surface area contributed by atoms with Gasteiger partial charge in [-0.25, -0.2) is 4.98 Å². The fourth-order valence-corrected chi connectivity index (χ4v) is 2.61. The number of rotatable bonds is 3. The van der Waals surface area contributed by atoms with E-state index in [1.54, 1.807) is 0 Å². The Morgan fingerprint density at radius 2 is 1.67 bits per heavy atom. The number of halogens is 6. The molecule has 1 aromatic carbocycles. The summed E-state index contributed by atoms with van der Waals surface area (Å²) < 4.78 is 77.1. The van der Waals surface area contributed by atoms with E-state index in [0.29, 0.717) is 6.07 Å². The van der Waals surface area contributed by atoms with Gasteiger partial charge in [-0.15, -0.1) is 0 Å². The number of nitrogens with zero attached hydrogens (tertiary/aromatic N) is 2. The quantitative estimate of drug-likeness (QED) is 0.456. The van der Waals surface area contributed by atoms with Crippen molar-refractivity contribution in [3.05, 3.63) is 71.7 Å². The number of nitrogens with two attached hydrogens (primary N) is 1. The number of alkyl halides is 6. The maximum atomic E-state index is 13.2. The maximum absolute atomic E-state index is 13.2. The van der Waals surface area contributed by atoms with Crippen molar-refractivity contribution in [2.24, 2.45) is 0 Å². The number of benzene rings is 1. The van der Waals surface area contributed by atoms with Crippen LogP contribution < -0.4 is 11.1 Å². The number of aromatic nitrogens is 2. The molecule has 2 heterocycles. The Morgan fingerprint density at radius 3 is 2.23 bits per heavy atom. The highest BCUT2D eigenvalue weighted by Gasteiger charge is 2.34. The van der Waals surface area contributed by atoms with Crippen LogP contribution in [0.25, 0.3) is 11.3 Å². The molecule has 0 aliphatic carbocycles. The number of carbonyl (C=O) groups is 1. The lowest BCUT2D eigenvalue weighted by Gasteiger charge is -2.13. The van der Waals surface area contributed by atoms with Gasteiger partial charge in [0.25, 0.3) is 5.91 Å². The minimum absolute atomic E-state index is 0.0134. The van der Waals surface area contributed by atoms with Crippen molar-refractivity contribution in [2.45, 2.75) is 12.4 Å². The van der Waals surface area contributed by atoms with Crippen molar-refractivity contribution >= 4 is 17.3 Å². The van der Waals surface area contributed by atoms with E-state index < -0.39 is 29.5 Å². The van der Waals surface area contributed by atoms with Crippen LogP contribution in [-0.4, -0.2) is 15.9 Å². The van der Waals surface area contributed by atoms with Gasteiger partial charge >= 0.3 is 12.4 Å². The third-order valence-electron chi connectivity index (χ3n) is 3.99. The number of hydrogen-bond acceptors (Lipinski definition) is 4. The maximum Gasteiger partial charge on any atom is 0.433 e. The molecule has 0 saturated heterocycles. The summed E-state index contributed by atoms with van der Waals surface area (Å²) in [5.41, 5.74) is 3.20. The summed E-state index contributed by atoms with van der Waals surface area (Å²) in [5, 5.41) is 2.33. The van der Waals surface area contributed by atoms with E-state index in [-0.39, 0.29) is 28.2 Å². The molecule has 5 nitrogen and oxygen atoms in total. The zero-order valence-electron chi connectivity index (χ0n) is 14.8. The van der Waals surface area contributed by atoms with E-state index in [2.05, 4.69) is 15.3 Å². The second-order valence-corrected chi connectivity index (χ2v) is 6.08. The number of nitrogens with one attached hydrogen (secondary N) is 1. The van der Waals surface area contributed by atoms with Crippen LogP contribution in [0.3, 0.4) is 0 Å². The molecule has 156 valence electrons. The topological polar surface area (TPSA) is 80.9 Å². The van der Waals surface area contributed by atoms with Crippen molar-refractivity contribution in [1.82, 2.24) is 9.97 Å². The zero-order chi connectivity index (χ0) is 22.1. The molecule has 0 unspecified atom stereocenters. The molecular weight excluding hydrogens is 414 g/mol. The Balaban J connectivity index is 1.85. The third-order valence-corrected chi connectivity index (χ3v) is 3.99. The van der Waals surface area contributed by atoms with E-state index in [0.717, 1.165) is 30.5 Å². The predicted molar refractivity (Wildman–Crippen MR) is 96.3 cm³/mol. The number of pyridine rings is 2. The van der Waals surface area contributed by atoms with Crippen LogP contribution >= 0.6 is 0 Å². The van der Waals surface area contributed by atoms with Crippen LogP contribution in [-0.2, 0) is 12.4 Å². The van der Waals surface area contributed by atoms with Gasteiger partial charge in [-0.3, -0.25) is 9.78 Å². The number of hydrogen-bond donors (Lipinski definition) is 2. The average molecular weight is 426 g/mol. The molecule has 0 saturated carbocycles. The highest BCUT2D eigenvalue weighted by molar-refractivity contribution is 6.08. The summed E-state index contributed by atoms with van der Waals surface area (Å²) >= 11 is 0. The van der Waals surface area contributed by atoms with Crippen LogP contribution in [0.15, 0.2) is 54.9 Å². The molecule has 3 N–H and O–H groups in total. The second-order valence-electron chi connectivity index (χ2n) is 6.08. The first kappa shape index (κ1) is 21.1. The monoisotopic (exact) mass is 426 g/mol. The molecule has 11 heteroatoms. The van der Waals surface area contributed by atoms with Gasteiger partial charge in [0.2, 0.25) is 0 Å². The van der Waals surface area contributed by atoms with E-state index in [4.69, 9.17) is 5.73 Å². The molecule has 30 heavy (non-hydrogen) atoms. The molecule has 0 aliphatic rings. The van der Waals surface area contributed by atoms with Crippen LogP contribution in [0.4, 0.5) is 37.7 Å². The first-order valence-corrected chi connectivity index (χ1v) is 8.23. The van der Waals surface area contributed by atoms with Gasteiger partial charge in [-0.2, -0.15) is 26.3 Å². The summed E-state index contributed by atoms with van der Waals surface area (Å²) in [6.07, 6.45) is -7.23. The molecule has 0 atom stereocenters. The molecule has 0 bridgehead atoms. The minimum Gasteiger partial charge on any atom is -0.398 e. The number of amides is 1. The van der Waals surface area contributed by atoms with Crippen LogP contribution in [0.5, 0.6) is 0 Å². The van der Waals surface area contributed by atoms with Gasteiger partial charge in [0.05, 0.1) is 28.7 Å². The third kappa shape index (κ3) is 4.50. The Morgan fingerprint density at radius 1 is 0.933 bits per heavy atom. The highest BCUT2D eigenvalue weighted by Crippen LogP contribution is 2.36. The fraction of sp³-hybridized carbons (Fsp3) is 0.105. The molecule has 0 aliphatic heterocycles. The SMILES string of the molecule is Nc1cc(-c2ncccc2C(F)(F)F)ccc1C(=O)Nc1ccc(C(F)(F)F)nc1. The second kappa shape index (κ2) is 7.65. The van der Waals surface area contributed by atoms with Crippen LogP contribution in [0.1, 0.15) is 21.6 Å². The summed E-state index contributed by atoms with van der Waals surface area (Å²) in [4.78, 5) is 19.3. The fourth-order valence-electron chi connectivity index (χ4n) is 2.61. The summed E-state index contributed by atoms with van der Waals surface area (Å²) in [5.74, 6) is -0.766. The van der Waals surface area contributed by atoms with Crippen LogP contribution in [0.2, 0.25) is 0 Å². The van der Waals surface area contributed by atoms with Gasteiger partial charge in [-0.05, 0) is 36.4 Å². The Kier molecular flexibility index (Phi) is 5.38. The van der Waals surface area contributed by atoms with E-state index in [1.807, 2.05) is 0 Å². The Bertz CT molecular complexity index is 1080. The van der Waals surface area contributed by atoms with Gasteiger partial charge in [0, 0.05) is 17.4 Å². The average Bonchev–Trinajstić information content (AvgIpc) is 2.67. The molecule has 0 spiro atoms. The predicted octanol–water partition coefficient (Wildman–Crippen LogP) is 5.02. The molecule has 3 aromatic rings. The molecule has 0 fully saturated rings. The van der Waals surface area contributed by atoms with Gasteiger partial charge in [0.1, 0.15) is 5.69 Å². The largest absolute Gasteiger partial charge is 0.433 e. The normalized spacial score (nSPS) is 11.9. The first-order chi connectivity index (χ1) is 14.0. The molecule has 0 radical (unpaired) electrons. The lowest BCUT2D eigenvalue weighted by atomic mass is 10.0. The zero-order valence-corrected chi connectivity index (χ0v) is 14.8. The van der Waals surface area contributed by atoms with E-state index >= 15 is 0 Å². The van der Waals surface area contributed by atoms with Crippen molar-refractivity contribution in [3.8, 4) is 11.3 Å². The van der Waals surface area contributed by atoms with E-state index in [9.17, 15) is 31.1 Å². The number of anilines is 2. The van der Waals surface area contributed by atoms with Crippen molar-refractivity contribution < 1.29 is 31.1 Å². The molecule has 1 amide bonds. The Labute approximate surface area is 165 Å². The Hall–Kier alpha value is -3.63. The van der Waals surface area contributed by atoms with Crippen molar-refractivity contribution in [1.29, 1.82) is 0 Å². The van der Waals surface area contributed by atoms with Crippen molar-refractivity contribution in [3.63, 3.8) is 0 Å². The van der Waals surface area contributed by atoms with Gasteiger partial charge < -0.3 is 11.1 Å². The van der Waals surface area contributed by atoms with Crippen LogP contribution in [0, 0.1) is 0 Å².